The number of nitrogens with one attached hydrogen (secondary N) is 1. The van der Waals surface area contributed by atoms with Crippen LogP contribution in [0.1, 0.15) is 0 Å². The number of H-pyrrole nitrogens is 1. The summed E-state index contributed by atoms with van der Waals surface area (Å²) in [5.41, 5.74) is 1.80. The summed E-state index contributed by atoms with van der Waals surface area (Å²) in [6.45, 7) is 0. The predicted molar refractivity (Wildman–Crippen MR) is 84.7 cm³/mol. The molecule has 0 aliphatic carbocycles. The van der Waals surface area contributed by atoms with Crippen LogP contribution in [0.25, 0.3) is 17.1 Å². The lowest BCUT2D eigenvalue weighted by molar-refractivity contribution is 1.03. The van der Waals surface area contributed by atoms with E-state index in [1.807, 2.05) is 34.9 Å². The quantitative estimate of drug-likeness (QED) is 0.683. The third-order valence-electron chi connectivity index (χ3n) is 2.76. The molecule has 100 valence electrons. The second-order valence-corrected chi connectivity index (χ2v) is 5.70. The highest BCUT2D eigenvalue weighted by molar-refractivity contribution is 9.10. The smallest absolute Gasteiger partial charge is 0.200 e. The first-order valence-corrected chi connectivity index (χ1v) is 7.28. The number of pyridine rings is 1. The second-order valence-electron chi connectivity index (χ2n) is 4.02. The number of halogens is 2. The van der Waals surface area contributed by atoms with Gasteiger partial charge in [0.25, 0.3) is 0 Å². The van der Waals surface area contributed by atoms with Crippen molar-refractivity contribution in [3.8, 4) is 17.1 Å². The minimum Gasteiger partial charge on any atom is -0.267 e. The molecular formula is C13H8BrClN4S. The van der Waals surface area contributed by atoms with E-state index in [0.29, 0.717) is 9.79 Å². The normalized spacial score (nSPS) is 10.7. The topological polar surface area (TPSA) is 46.5 Å². The van der Waals surface area contributed by atoms with Crippen LogP contribution in [0.3, 0.4) is 0 Å². The molecule has 0 atom stereocenters. The van der Waals surface area contributed by atoms with E-state index < -0.39 is 0 Å². The highest BCUT2D eigenvalue weighted by atomic mass is 79.9. The predicted octanol–water partition coefficient (Wildman–Crippen LogP) is 4.41. The van der Waals surface area contributed by atoms with E-state index in [9.17, 15) is 0 Å². The van der Waals surface area contributed by atoms with Crippen molar-refractivity contribution < 1.29 is 0 Å². The molecule has 7 heteroatoms. The summed E-state index contributed by atoms with van der Waals surface area (Å²) in [5, 5.41) is 7.76. The van der Waals surface area contributed by atoms with Crippen LogP contribution in [-0.4, -0.2) is 19.7 Å². The Bertz CT molecular complexity index is 813. The Morgan fingerprint density at radius 1 is 1.20 bits per heavy atom. The summed E-state index contributed by atoms with van der Waals surface area (Å²) in [6.07, 6.45) is 3.43. The molecule has 3 aromatic rings. The highest BCUT2D eigenvalue weighted by Gasteiger charge is 2.13. The Balaban J connectivity index is 2.25. The molecule has 2 aromatic heterocycles. The number of aromatic nitrogens is 4. The molecule has 0 radical (unpaired) electrons. The fraction of sp³-hybridized carbons (Fsp3) is 0. The molecule has 0 aliphatic heterocycles. The summed E-state index contributed by atoms with van der Waals surface area (Å²) < 4.78 is 3.21. The average molecular weight is 368 g/mol. The van der Waals surface area contributed by atoms with Gasteiger partial charge in [-0.05, 0) is 58.5 Å². The van der Waals surface area contributed by atoms with Crippen LogP contribution < -0.4 is 0 Å². The standard InChI is InChI=1S/C13H8BrClN4S/c14-10-7-9(15)1-2-11(10)19-12(17-18-13(19)20)8-3-5-16-6-4-8/h1-7H,(H,18,20). The van der Waals surface area contributed by atoms with Gasteiger partial charge in [-0.15, -0.1) is 0 Å². The van der Waals surface area contributed by atoms with Gasteiger partial charge >= 0.3 is 0 Å². The Labute approximate surface area is 133 Å². The molecule has 3 rings (SSSR count). The van der Waals surface area contributed by atoms with Crippen LogP contribution in [0.4, 0.5) is 0 Å². The van der Waals surface area contributed by atoms with Crippen LogP contribution in [0, 0.1) is 4.77 Å². The van der Waals surface area contributed by atoms with Gasteiger partial charge in [-0.1, -0.05) is 11.6 Å². The molecule has 2 heterocycles. The van der Waals surface area contributed by atoms with Crippen LogP contribution in [0.15, 0.2) is 47.2 Å². The fourth-order valence-electron chi connectivity index (χ4n) is 1.88. The third kappa shape index (κ3) is 2.42. The maximum atomic E-state index is 5.98. The van der Waals surface area contributed by atoms with Gasteiger partial charge in [0.05, 0.1) is 5.69 Å². The van der Waals surface area contributed by atoms with E-state index in [1.54, 1.807) is 12.4 Å². The molecule has 0 spiro atoms. The van der Waals surface area contributed by atoms with Crippen molar-refractivity contribution in [1.29, 1.82) is 0 Å². The summed E-state index contributed by atoms with van der Waals surface area (Å²) in [5.74, 6) is 0.723. The molecule has 0 saturated heterocycles. The largest absolute Gasteiger partial charge is 0.267 e. The van der Waals surface area contributed by atoms with Gasteiger partial charge in [0.2, 0.25) is 0 Å². The lowest BCUT2D eigenvalue weighted by Gasteiger charge is -2.09. The van der Waals surface area contributed by atoms with Crippen molar-refractivity contribution in [2.75, 3.05) is 0 Å². The number of nitrogens with zero attached hydrogens (tertiary/aromatic N) is 3. The first kappa shape index (κ1) is 13.5. The number of aromatic amines is 1. The van der Waals surface area contributed by atoms with Crippen LogP contribution in [0.5, 0.6) is 0 Å². The molecule has 0 unspecified atom stereocenters. The van der Waals surface area contributed by atoms with Gasteiger partial charge in [0.1, 0.15) is 0 Å². The molecule has 0 aliphatic rings. The van der Waals surface area contributed by atoms with Crippen LogP contribution in [0.2, 0.25) is 5.02 Å². The number of benzene rings is 1. The average Bonchev–Trinajstić information content (AvgIpc) is 2.82. The maximum absolute atomic E-state index is 5.98. The van der Waals surface area contributed by atoms with E-state index in [4.69, 9.17) is 23.8 Å². The zero-order valence-electron chi connectivity index (χ0n) is 10.0. The van der Waals surface area contributed by atoms with E-state index in [1.165, 1.54) is 0 Å². The van der Waals surface area contributed by atoms with Gasteiger partial charge in [-0.25, -0.2) is 0 Å². The van der Waals surface area contributed by atoms with Gasteiger partial charge in [-0.2, -0.15) is 5.10 Å². The van der Waals surface area contributed by atoms with Crippen molar-refractivity contribution in [1.82, 2.24) is 19.7 Å². The van der Waals surface area contributed by atoms with Crippen molar-refractivity contribution in [2.24, 2.45) is 0 Å². The van der Waals surface area contributed by atoms with E-state index in [-0.39, 0.29) is 0 Å². The summed E-state index contributed by atoms with van der Waals surface area (Å²) in [4.78, 5) is 4.01. The molecule has 1 aromatic carbocycles. The lowest BCUT2D eigenvalue weighted by Crippen LogP contribution is -1.99. The van der Waals surface area contributed by atoms with E-state index in [2.05, 4.69) is 31.1 Å². The van der Waals surface area contributed by atoms with Crippen molar-refractivity contribution in [3.63, 3.8) is 0 Å². The molecular weight excluding hydrogens is 360 g/mol. The summed E-state index contributed by atoms with van der Waals surface area (Å²) in [7, 11) is 0. The minimum atomic E-state index is 0.514. The number of hydrogen-bond donors (Lipinski definition) is 1. The molecule has 0 saturated carbocycles. The van der Waals surface area contributed by atoms with E-state index >= 15 is 0 Å². The Kier molecular flexibility index (Phi) is 3.69. The third-order valence-corrected chi connectivity index (χ3v) is 3.91. The second kappa shape index (κ2) is 5.47. The summed E-state index contributed by atoms with van der Waals surface area (Å²) in [6, 6.07) is 9.29. The zero-order valence-corrected chi connectivity index (χ0v) is 13.2. The maximum Gasteiger partial charge on any atom is 0.200 e. The van der Waals surface area contributed by atoms with Crippen molar-refractivity contribution in [2.45, 2.75) is 0 Å². The monoisotopic (exact) mass is 366 g/mol. The number of hydrogen-bond acceptors (Lipinski definition) is 3. The minimum absolute atomic E-state index is 0.514. The Hall–Kier alpha value is -1.50. The van der Waals surface area contributed by atoms with E-state index in [0.717, 1.165) is 21.5 Å². The van der Waals surface area contributed by atoms with Crippen LogP contribution in [-0.2, 0) is 0 Å². The fourth-order valence-corrected chi connectivity index (χ4v) is 2.97. The molecule has 1 N–H and O–H groups in total. The van der Waals surface area contributed by atoms with Gasteiger partial charge in [-0.3, -0.25) is 14.6 Å². The molecule has 0 fully saturated rings. The highest BCUT2D eigenvalue weighted by Crippen LogP contribution is 2.28. The molecule has 4 nitrogen and oxygen atoms in total. The van der Waals surface area contributed by atoms with Crippen molar-refractivity contribution >= 4 is 39.7 Å². The van der Waals surface area contributed by atoms with Crippen LogP contribution >= 0.6 is 39.7 Å². The van der Waals surface area contributed by atoms with Gasteiger partial charge in [0, 0.05) is 27.5 Å². The van der Waals surface area contributed by atoms with Gasteiger partial charge < -0.3 is 0 Å². The first-order valence-electron chi connectivity index (χ1n) is 5.70. The zero-order chi connectivity index (χ0) is 14.1. The molecule has 20 heavy (non-hydrogen) atoms. The van der Waals surface area contributed by atoms with Crippen molar-refractivity contribution in [3.05, 3.63) is 57.0 Å². The molecule has 0 amide bonds. The number of rotatable bonds is 2. The lowest BCUT2D eigenvalue weighted by atomic mass is 10.2. The summed E-state index contributed by atoms with van der Waals surface area (Å²) >= 11 is 14.8. The molecule has 0 bridgehead atoms. The first-order chi connectivity index (χ1) is 9.66. The SMILES string of the molecule is S=c1[nH]nc(-c2ccncc2)n1-c1ccc(Cl)cc1Br. The Morgan fingerprint density at radius 2 is 1.95 bits per heavy atom. The Morgan fingerprint density at radius 3 is 2.65 bits per heavy atom. The van der Waals surface area contributed by atoms with Gasteiger partial charge in [0.15, 0.2) is 10.6 Å².